The van der Waals surface area contributed by atoms with Crippen LogP contribution in [-0.4, -0.2) is 58.6 Å². The lowest BCUT2D eigenvalue weighted by Gasteiger charge is -2.22. The van der Waals surface area contributed by atoms with E-state index in [0.29, 0.717) is 34.1 Å². The van der Waals surface area contributed by atoms with E-state index < -0.39 is 15.9 Å². The van der Waals surface area contributed by atoms with Crippen molar-refractivity contribution in [2.45, 2.75) is 25.5 Å². The highest BCUT2D eigenvalue weighted by Crippen LogP contribution is 2.22. The Balaban J connectivity index is 1.26. The molecule has 0 bridgehead atoms. The maximum absolute atomic E-state index is 12.5. The fourth-order valence-electron chi connectivity index (χ4n) is 4.05. The number of benzene rings is 3. The molecule has 12 heteroatoms. The van der Waals surface area contributed by atoms with Crippen molar-refractivity contribution in [3.8, 4) is 5.75 Å². The van der Waals surface area contributed by atoms with E-state index in [2.05, 4.69) is 15.8 Å². The molecule has 3 aromatic carbocycles. The average molecular weight is 599 g/mol. The molecule has 0 aromatic heterocycles. The second-order valence-electron chi connectivity index (χ2n) is 9.44. The SMILES string of the molecule is CS(=O)(=O)N(Cc1ccc(Cl)cc1)c1ccc(C(=O)N/N=C/c2ccc(OCC(=O)NCC3CCCO3)cc2)cc1. The summed E-state index contributed by atoms with van der Waals surface area (Å²) in [5.41, 5.74) is 4.67. The van der Waals surface area contributed by atoms with Gasteiger partial charge in [-0.05, 0) is 84.6 Å². The first kappa shape index (κ1) is 30.0. The van der Waals surface area contributed by atoms with E-state index in [4.69, 9.17) is 21.1 Å². The first-order chi connectivity index (χ1) is 19.7. The zero-order valence-electron chi connectivity index (χ0n) is 22.5. The van der Waals surface area contributed by atoms with Gasteiger partial charge in [0.1, 0.15) is 5.75 Å². The van der Waals surface area contributed by atoms with E-state index in [1.165, 1.54) is 22.7 Å². The third-order valence-electron chi connectivity index (χ3n) is 6.24. The Labute approximate surface area is 244 Å². The minimum atomic E-state index is -3.58. The molecule has 0 spiro atoms. The van der Waals surface area contributed by atoms with Crippen molar-refractivity contribution in [2.24, 2.45) is 5.10 Å². The number of nitrogens with one attached hydrogen (secondary N) is 2. The number of hydrazone groups is 1. The molecule has 1 saturated heterocycles. The van der Waals surface area contributed by atoms with E-state index in [-0.39, 0.29) is 25.2 Å². The Morgan fingerprint density at radius 3 is 2.41 bits per heavy atom. The molecular formula is C29H31ClN4O6S. The molecule has 2 N–H and O–H groups in total. The summed E-state index contributed by atoms with van der Waals surface area (Å²) in [5.74, 6) is -0.143. The monoisotopic (exact) mass is 598 g/mol. The molecule has 4 rings (SSSR count). The highest BCUT2D eigenvalue weighted by molar-refractivity contribution is 7.92. The van der Waals surface area contributed by atoms with Crippen molar-refractivity contribution in [1.82, 2.24) is 10.7 Å². The Morgan fingerprint density at radius 2 is 1.78 bits per heavy atom. The zero-order chi connectivity index (χ0) is 29.2. The second-order valence-corrected chi connectivity index (χ2v) is 11.8. The summed E-state index contributed by atoms with van der Waals surface area (Å²) < 4.78 is 37.1. The normalized spacial score (nSPS) is 15.0. The molecular weight excluding hydrogens is 568 g/mol. The summed E-state index contributed by atoms with van der Waals surface area (Å²) in [6, 6.07) is 20.0. The van der Waals surface area contributed by atoms with Crippen LogP contribution in [0.5, 0.6) is 5.75 Å². The third-order valence-corrected chi connectivity index (χ3v) is 7.63. The molecule has 3 aromatic rings. The molecule has 0 radical (unpaired) electrons. The summed E-state index contributed by atoms with van der Waals surface area (Å²) >= 11 is 5.93. The van der Waals surface area contributed by atoms with Gasteiger partial charge in [-0.2, -0.15) is 5.10 Å². The maximum Gasteiger partial charge on any atom is 0.271 e. The third kappa shape index (κ3) is 9.31. The molecule has 2 amide bonds. The van der Waals surface area contributed by atoms with Gasteiger partial charge in [0.15, 0.2) is 6.61 Å². The van der Waals surface area contributed by atoms with Crippen molar-refractivity contribution >= 4 is 45.3 Å². The van der Waals surface area contributed by atoms with Gasteiger partial charge >= 0.3 is 0 Å². The fraction of sp³-hybridized carbons (Fsp3) is 0.276. The quantitative estimate of drug-likeness (QED) is 0.242. The smallest absolute Gasteiger partial charge is 0.271 e. The number of ether oxygens (including phenoxy) is 2. The molecule has 0 aliphatic carbocycles. The number of halogens is 1. The predicted molar refractivity (Wildman–Crippen MR) is 158 cm³/mol. The maximum atomic E-state index is 12.5. The first-order valence-electron chi connectivity index (χ1n) is 12.9. The van der Waals surface area contributed by atoms with Gasteiger partial charge in [0.2, 0.25) is 10.0 Å². The summed E-state index contributed by atoms with van der Waals surface area (Å²) in [6.45, 7) is 1.25. The molecule has 1 aliphatic heterocycles. The van der Waals surface area contributed by atoms with Crippen LogP contribution in [0.1, 0.15) is 34.3 Å². The number of carbonyl (C=O) groups is 2. The molecule has 1 aliphatic rings. The first-order valence-corrected chi connectivity index (χ1v) is 15.2. The Hall–Kier alpha value is -3.93. The van der Waals surface area contributed by atoms with Crippen LogP contribution in [0.4, 0.5) is 5.69 Å². The Kier molecular flexibility index (Phi) is 10.3. The second kappa shape index (κ2) is 14.1. The van der Waals surface area contributed by atoms with E-state index in [9.17, 15) is 18.0 Å². The lowest BCUT2D eigenvalue weighted by Crippen LogP contribution is -2.35. The van der Waals surface area contributed by atoms with Gasteiger partial charge in [-0.3, -0.25) is 13.9 Å². The fourth-order valence-corrected chi connectivity index (χ4v) is 5.06. The van der Waals surface area contributed by atoms with Crippen LogP contribution in [0.3, 0.4) is 0 Å². The number of hydrogen-bond donors (Lipinski definition) is 2. The molecule has 216 valence electrons. The van der Waals surface area contributed by atoms with Gasteiger partial charge in [-0.25, -0.2) is 13.8 Å². The average Bonchev–Trinajstić information content (AvgIpc) is 3.49. The minimum absolute atomic E-state index is 0.0772. The number of anilines is 1. The van der Waals surface area contributed by atoms with Crippen LogP contribution in [-0.2, 0) is 26.1 Å². The number of nitrogens with zero attached hydrogens (tertiary/aromatic N) is 2. The van der Waals surface area contributed by atoms with Crippen molar-refractivity contribution in [1.29, 1.82) is 0 Å². The highest BCUT2D eigenvalue weighted by Gasteiger charge is 2.19. The van der Waals surface area contributed by atoms with Crippen LogP contribution < -0.4 is 19.8 Å². The van der Waals surface area contributed by atoms with Crippen LogP contribution in [0.2, 0.25) is 5.02 Å². The van der Waals surface area contributed by atoms with Gasteiger partial charge in [-0.1, -0.05) is 23.7 Å². The Bertz CT molecular complexity index is 1460. The van der Waals surface area contributed by atoms with Crippen molar-refractivity contribution < 1.29 is 27.5 Å². The highest BCUT2D eigenvalue weighted by atomic mass is 35.5. The number of rotatable bonds is 12. The van der Waals surface area contributed by atoms with Gasteiger partial charge in [0, 0.05) is 23.7 Å². The van der Waals surface area contributed by atoms with Crippen molar-refractivity contribution in [3.63, 3.8) is 0 Å². The van der Waals surface area contributed by atoms with E-state index in [0.717, 1.165) is 31.3 Å². The lowest BCUT2D eigenvalue weighted by molar-refractivity contribution is -0.123. The molecule has 1 atom stereocenters. The van der Waals surface area contributed by atoms with Crippen LogP contribution in [0.25, 0.3) is 0 Å². The zero-order valence-corrected chi connectivity index (χ0v) is 24.0. The van der Waals surface area contributed by atoms with Crippen LogP contribution in [0, 0.1) is 0 Å². The molecule has 41 heavy (non-hydrogen) atoms. The van der Waals surface area contributed by atoms with E-state index in [1.54, 1.807) is 60.7 Å². The van der Waals surface area contributed by atoms with Crippen molar-refractivity contribution in [3.05, 3.63) is 94.5 Å². The molecule has 1 unspecified atom stereocenters. The number of amides is 2. The topological polar surface area (TPSA) is 126 Å². The number of hydrogen-bond acceptors (Lipinski definition) is 7. The summed E-state index contributed by atoms with van der Waals surface area (Å²) in [7, 11) is -3.58. The predicted octanol–water partition coefficient (Wildman–Crippen LogP) is 3.74. The van der Waals surface area contributed by atoms with Crippen LogP contribution in [0.15, 0.2) is 77.9 Å². The van der Waals surface area contributed by atoms with Gasteiger partial charge in [-0.15, -0.1) is 0 Å². The van der Waals surface area contributed by atoms with Crippen LogP contribution >= 0.6 is 11.6 Å². The molecule has 1 heterocycles. The minimum Gasteiger partial charge on any atom is -0.484 e. The molecule has 0 saturated carbocycles. The van der Waals surface area contributed by atoms with Crippen molar-refractivity contribution in [2.75, 3.05) is 30.3 Å². The largest absolute Gasteiger partial charge is 0.484 e. The number of sulfonamides is 1. The van der Waals surface area contributed by atoms with E-state index >= 15 is 0 Å². The van der Waals surface area contributed by atoms with E-state index in [1.807, 2.05) is 0 Å². The van der Waals surface area contributed by atoms with Gasteiger partial charge < -0.3 is 14.8 Å². The summed E-state index contributed by atoms with van der Waals surface area (Å²) in [5, 5.41) is 7.35. The van der Waals surface area contributed by atoms with Gasteiger partial charge in [0.25, 0.3) is 11.8 Å². The lowest BCUT2D eigenvalue weighted by atomic mass is 10.2. The Morgan fingerprint density at radius 1 is 1.07 bits per heavy atom. The molecule has 1 fully saturated rings. The summed E-state index contributed by atoms with van der Waals surface area (Å²) in [6.07, 6.45) is 4.64. The standard InChI is InChI=1S/C29H31ClN4O6S/c1-41(37,38)34(19-22-4-10-24(30)11-5-22)25-12-8-23(9-13-25)29(36)33-32-17-21-6-14-26(15-7-21)40-20-28(35)31-18-27-3-2-16-39-27/h4-15,17,27H,2-3,16,18-20H2,1H3,(H,31,35)(H,33,36)/b32-17+. The molecule has 10 nitrogen and oxygen atoms in total. The number of carbonyl (C=O) groups excluding carboxylic acids is 2. The summed E-state index contributed by atoms with van der Waals surface area (Å²) in [4.78, 5) is 24.5. The van der Waals surface area contributed by atoms with Gasteiger partial charge in [0.05, 0.1) is 30.8 Å².